The Morgan fingerprint density at radius 1 is 1.64 bits per heavy atom. The first-order valence-electron chi connectivity index (χ1n) is 4.12. The van der Waals surface area contributed by atoms with Crippen LogP contribution in [0.2, 0.25) is 0 Å². The van der Waals surface area contributed by atoms with Crippen molar-refractivity contribution in [2.24, 2.45) is 5.92 Å². The van der Waals surface area contributed by atoms with Gasteiger partial charge in [-0.05, 0) is 12.8 Å². The lowest BCUT2D eigenvalue weighted by Crippen LogP contribution is -2.30. The Balaban J connectivity index is 2.20. The van der Waals surface area contributed by atoms with E-state index in [1.807, 2.05) is 0 Å². The highest BCUT2D eigenvalue weighted by atomic mass is 16.3. The number of aliphatic hydroxyl groups is 1. The summed E-state index contributed by atoms with van der Waals surface area (Å²) in [7, 11) is 0. The zero-order chi connectivity index (χ0) is 8.27. The molecule has 0 radical (unpaired) electrons. The molecule has 0 heterocycles. The fourth-order valence-corrected chi connectivity index (χ4v) is 1.53. The number of carbonyl (C=O) groups excluding carboxylic acids is 1. The molecule has 2 atom stereocenters. The van der Waals surface area contributed by atoms with Crippen molar-refractivity contribution in [2.75, 3.05) is 6.54 Å². The predicted octanol–water partition coefficient (Wildman–Crippen LogP) is 0.283. The summed E-state index contributed by atoms with van der Waals surface area (Å²) in [5.74, 6) is 0.281. The lowest BCUT2D eigenvalue weighted by Gasteiger charge is -2.13. The molecular weight excluding hydrogens is 142 g/mol. The predicted molar refractivity (Wildman–Crippen MR) is 42.0 cm³/mol. The van der Waals surface area contributed by atoms with Crippen LogP contribution >= 0.6 is 0 Å². The van der Waals surface area contributed by atoms with Gasteiger partial charge in [-0.3, -0.25) is 4.79 Å². The molecule has 1 aliphatic rings. The SMILES string of the molecule is CC(=O)NC[C@@H]1CCC[C@H]1O. The molecule has 1 amide bonds. The second-order valence-electron chi connectivity index (χ2n) is 3.20. The van der Waals surface area contributed by atoms with Gasteiger partial charge in [-0.15, -0.1) is 0 Å². The molecule has 0 aromatic rings. The van der Waals surface area contributed by atoms with Crippen LogP contribution in [0.3, 0.4) is 0 Å². The summed E-state index contributed by atoms with van der Waals surface area (Å²) in [6.45, 7) is 2.14. The zero-order valence-electron chi connectivity index (χ0n) is 6.84. The average Bonchev–Trinajstić information content (AvgIpc) is 2.31. The van der Waals surface area contributed by atoms with Gasteiger partial charge >= 0.3 is 0 Å². The van der Waals surface area contributed by atoms with Gasteiger partial charge in [0.2, 0.25) is 5.91 Å². The molecule has 3 heteroatoms. The first-order valence-corrected chi connectivity index (χ1v) is 4.12. The molecule has 1 rings (SSSR count). The molecule has 0 aliphatic heterocycles. The molecule has 3 nitrogen and oxygen atoms in total. The standard InChI is InChI=1S/C8H15NO2/c1-6(10)9-5-7-3-2-4-8(7)11/h7-8,11H,2-5H2,1H3,(H,9,10)/t7-,8+/m0/s1. The Hall–Kier alpha value is -0.570. The van der Waals surface area contributed by atoms with E-state index in [1.54, 1.807) is 0 Å². The van der Waals surface area contributed by atoms with Crippen LogP contribution < -0.4 is 5.32 Å². The van der Waals surface area contributed by atoms with Crippen LogP contribution in [0.25, 0.3) is 0 Å². The van der Waals surface area contributed by atoms with Gasteiger partial charge in [-0.25, -0.2) is 0 Å². The second kappa shape index (κ2) is 3.72. The highest BCUT2D eigenvalue weighted by molar-refractivity contribution is 5.72. The van der Waals surface area contributed by atoms with Gasteiger partial charge < -0.3 is 10.4 Å². The van der Waals surface area contributed by atoms with E-state index in [0.29, 0.717) is 12.5 Å². The molecule has 0 spiro atoms. The molecule has 1 saturated carbocycles. The minimum atomic E-state index is -0.193. The van der Waals surface area contributed by atoms with E-state index < -0.39 is 0 Å². The lowest BCUT2D eigenvalue weighted by molar-refractivity contribution is -0.119. The van der Waals surface area contributed by atoms with Crippen LogP contribution in [0, 0.1) is 5.92 Å². The zero-order valence-corrected chi connectivity index (χ0v) is 6.84. The maximum Gasteiger partial charge on any atom is 0.216 e. The summed E-state index contributed by atoms with van der Waals surface area (Å²) in [5.41, 5.74) is 0. The van der Waals surface area contributed by atoms with E-state index in [1.165, 1.54) is 6.92 Å². The van der Waals surface area contributed by atoms with Crippen molar-refractivity contribution in [1.29, 1.82) is 0 Å². The molecule has 1 fully saturated rings. The number of carbonyl (C=O) groups is 1. The first kappa shape index (κ1) is 8.53. The fourth-order valence-electron chi connectivity index (χ4n) is 1.53. The second-order valence-corrected chi connectivity index (χ2v) is 3.20. The van der Waals surface area contributed by atoms with Crippen LogP contribution in [0.15, 0.2) is 0 Å². The van der Waals surface area contributed by atoms with Gasteiger partial charge in [0.05, 0.1) is 6.10 Å². The smallest absolute Gasteiger partial charge is 0.216 e. The quantitative estimate of drug-likeness (QED) is 0.605. The van der Waals surface area contributed by atoms with E-state index in [-0.39, 0.29) is 12.0 Å². The van der Waals surface area contributed by atoms with Crippen LogP contribution in [-0.4, -0.2) is 23.7 Å². The monoisotopic (exact) mass is 157 g/mol. The Morgan fingerprint density at radius 2 is 2.36 bits per heavy atom. The van der Waals surface area contributed by atoms with Crippen LogP contribution in [0.1, 0.15) is 26.2 Å². The maximum atomic E-state index is 10.5. The van der Waals surface area contributed by atoms with Crippen molar-refractivity contribution in [1.82, 2.24) is 5.32 Å². The Morgan fingerprint density at radius 3 is 2.82 bits per heavy atom. The van der Waals surface area contributed by atoms with Crippen molar-refractivity contribution in [3.8, 4) is 0 Å². The van der Waals surface area contributed by atoms with Gasteiger partial charge in [0, 0.05) is 19.4 Å². The summed E-state index contributed by atoms with van der Waals surface area (Å²) in [4.78, 5) is 10.5. The summed E-state index contributed by atoms with van der Waals surface area (Å²) < 4.78 is 0. The number of hydrogen-bond donors (Lipinski definition) is 2. The molecule has 64 valence electrons. The Kier molecular flexibility index (Phi) is 2.88. The summed E-state index contributed by atoms with van der Waals surface area (Å²) >= 11 is 0. The van der Waals surface area contributed by atoms with E-state index in [0.717, 1.165) is 19.3 Å². The maximum absolute atomic E-state index is 10.5. The summed E-state index contributed by atoms with van der Waals surface area (Å²) in [6, 6.07) is 0. The molecule has 11 heavy (non-hydrogen) atoms. The van der Waals surface area contributed by atoms with Crippen molar-refractivity contribution in [3.05, 3.63) is 0 Å². The minimum Gasteiger partial charge on any atom is -0.393 e. The van der Waals surface area contributed by atoms with Crippen LogP contribution in [0.4, 0.5) is 0 Å². The van der Waals surface area contributed by atoms with E-state index in [2.05, 4.69) is 5.32 Å². The van der Waals surface area contributed by atoms with Crippen LogP contribution in [0.5, 0.6) is 0 Å². The molecule has 0 saturated heterocycles. The molecule has 0 aromatic carbocycles. The van der Waals surface area contributed by atoms with Gasteiger partial charge in [0.15, 0.2) is 0 Å². The minimum absolute atomic E-state index is 0.0101. The molecule has 1 aliphatic carbocycles. The number of nitrogens with one attached hydrogen (secondary N) is 1. The number of aliphatic hydroxyl groups excluding tert-OH is 1. The number of rotatable bonds is 2. The van der Waals surface area contributed by atoms with Crippen LogP contribution in [-0.2, 0) is 4.79 Å². The lowest BCUT2D eigenvalue weighted by atomic mass is 10.1. The molecule has 0 bridgehead atoms. The van der Waals surface area contributed by atoms with Gasteiger partial charge in [0.1, 0.15) is 0 Å². The normalized spacial score (nSPS) is 30.4. The number of hydrogen-bond acceptors (Lipinski definition) is 2. The third-order valence-electron chi connectivity index (χ3n) is 2.23. The van der Waals surface area contributed by atoms with E-state index in [4.69, 9.17) is 0 Å². The van der Waals surface area contributed by atoms with Gasteiger partial charge in [-0.2, -0.15) is 0 Å². The van der Waals surface area contributed by atoms with Gasteiger partial charge in [-0.1, -0.05) is 6.42 Å². The molecule has 0 unspecified atom stereocenters. The summed E-state index contributed by atoms with van der Waals surface area (Å²) in [6.07, 6.45) is 2.83. The highest BCUT2D eigenvalue weighted by Crippen LogP contribution is 2.24. The van der Waals surface area contributed by atoms with Crippen molar-refractivity contribution >= 4 is 5.91 Å². The molecular formula is C8H15NO2. The van der Waals surface area contributed by atoms with Crippen molar-refractivity contribution in [2.45, 2.75) is 32.3 Å². The van der Waals surface area contributed by atoms with Gasteiger partial charge in [0.25, 0.3) is 0 Å². The fraction of sp³-hybridized carbons (Fsp3) is 0.875. The average molecular weight is 157 g/mol. The third-order valence-corrected chi connectivity index (χ3v) is 2.23. The van der Waals surface area contributed by atoms with E-state index in [9.17, 15) is 9.90 Å². The molecule has 0 aromatic heterocycles. The number of amides is 1. The third kappa shape index (κ3) is 2.50. The summed E-state index contributed by atoms with van der Waals surface area (Å²) in [5, 5.41) is 12.1. The first-order chi connectivity index (χ1) is 5.20. The molecule has 2 N–H and O–H groups in total. The Labute approximate surface area is 66.8 Å². The van der Waals surface area contributed by atoms with Crippen molar-refractivity contribution < 1.29 is 9.90 Å². The highest BCUT2D eigenvalue weighted by Gasteiger charge is 2.24. The topological polar surface area (TPSA) is 49.3 Å². The van der Waals surface area contributed by atoms with E-state index >= 15 is 0 Å². The van der Waals surface area contributed by atoms with Crippen molar-refractivity contribution in [3.63, 3.8) is 0 Å². The largest absolute Gasteiger partial charge is 0.393 e. The Bertz CT molecular complexity index is 147.